The second-order valence-corrected chi connectivity index (χ2v) is 6.50. The number of nitrogens with zero attached hydrogens (tertiary/aromatic N) is 4. The van der Waals surface area contributed by atoms with Crippen LogP contribution in [0.2, 0.25) is 5.02 Å². The normalized spacial score (nSPS) is 17.0. The number of hydrogen-bond acceptors (Lipinski definition) is 5. The summed E-state index contributed by atoms with van der Waals surface area (Å²) in [5, 5.41) is 10.5. The third-order valence-electron chi connectivity index (χ3n) is 4.28. The lowest BCUT2D eigenvalue weighted by Crippen LogP contribution is -2.22. The van der Waals surface area contributed by atoms with Crippen molar-refractivity contribution >= 4 is 17.4 Å². The van der Waals surface area contributed by atoms with Crippen LogP contribution in [-0.4, -0.2) is 39.3 Å². The molecule has 1 aliphatic heterocycles. The Hall–Kier alpha value is -2.50. The smallest absolute Gasteiger partial charge is 0.162 e. The molecule has 126 valence electrons. The summed E-state index contributed by atoms with van der Waals surface area (Å²) in [6, 6.07) is 13.3. The molecule has 1 fully saturated rings. The van der Waals surface area contributed by atoms with Gasteiger partial charge in [-0.2, -0.15) is 0 Å². The van der Waals surface area contributed by atoms with Crippen LogP contribution in [0, 0.1) is 0 Å². The maximum atomic E-state index is 9.86. The van der Waals surface area contributed by atoms with E-state index in [0.29, 0.717) is 17.4 Å². The standard InChI is InChI=1S/C19H17ClN4O/c20-15-3-1-13(2-4-15)17-11-18(24-10-7-16(25)12-24)23-19(22-17)14-5-8-21-9-6-14/h1-6,8-9,11,16,25H,7,10,12H2. The Balaban J connectivity index is 1.81. The monoisotopic (exact) mass is 352 g/mol. The molecule has 0 bridgehead atoms. The summed E-state index contributed by atoms with van der Waals surface area (Å²) in [5.74, 6) is 1.47. The fraction of sp³-hybridized carbons (Fsp3) is 0.211. The molecule has 6 heteroatoms. The highest BCUT2D eigenvalue weighted by molar-refractivity contribution is 6.30. The van der Waals surface area contributed by atoms with Gasteiger partial charge in [0.05, 0.1) is 11.8 Å². The highest BCUT2D eigenvalue weighted by atomic mass is 35.5. The molecule has 3 aromatic rings. The van der Waals surface area contributed by atoms with Crippen molar-refractivity contribution in [1.29, 1.82) is 0 Å². The number of hydrogen-bond donors (Lipinski definition) is 1. The first-order valence-corrected chi connectivity index (χ1v) is 8.55. The van der Waals surface area contributed by atoms with Gasteiger partial charge in [0.25, 0.3) is 0 Å². The van der Waals surface area contributed by atoms with Crippen LogP contribution in [0.3, 0.4) is 0 Å². The van der Waals surface area contributed by atoms with Crippen molar-refractivity contribution in [3.05, 3.63) is 59.9 Å². The van der Waals surface area contributed by atoms with Crippen LogP contribution in [0.1, 0.15) is 6.42 Å². The van der Waals surface area contributed by atoms with E-state index in [1.165, 1.54) is 0 Å². The summed E-state index contributed by atoms with van der Waals surface area (Å²) in [7, 11) is 0. The Morgan fingerprint density at radius 1 is 1.00 bits per heavy atom. The van der Waals surface area contributed by atoms with Crippen molar-refractivity contribution in [2.45, 2.75) is 12.5 Å². The molecule has 0 radical (unpaired) electrons. The molecule has 25 heavy (non-hydrogen) atoms. The zero-order valence-electron chi connectivity index (χ0n) is 13.5. The Kier molecular flexibility index (Phi) is 4.34. The van der Waals surface area contributed by atoms with E-state index in [1.54, 1.807) is 12.4 Å². The Labute approximate surface area is 151 Å². The van der Waals surface area contributed by atoms with Crippen LogP contribution < -0.4 is 4.90 Å². The van der Waals surface area contributed by atoms with Gasteiger partial charge in [0.2, 0.25) is 0 Å². The third kappa shape index (κ3) is 3.48. The van der Waals surface area contributed by atoms with Gasteiger partial charge in [-0.05, 0) is 30.7 Å². The van der Waals surface area contributed by atoms with E-state index in [2.05, 4.69) is 9.88 Å². The third-order valence-corrected chi connectivity index (χ3v) is 4.53. The van der Waals surface area contributed by atoms with Crippen molar-refractivity contribution in [3.8, 4) is 22.6 Å². The van der Waals surface area contributed by atoms with Crippen LogP contribution in [0.4, 0.5) is 5.82 Å². The van der Waals surface area contributed by atoms with Crippen LogP contribution in [0.15, 0.2) is 54.9 Å². The molecule has 0 aliphatic carbocycles. The quantitative estimate of drug-likeness (QED) is 0.782. The molecule has 0 amide bonds. The van der Waals surface area contributed by atoms with Gasteiger partial charge < -0.3 is 10.0 Å². The second kappa shape index (κ2) is 6.78. The molecule has 1 saturated heterocycles. The average Bonchev–Trinajstić information content (AvgIpc) is 3.09. The molecule has 0 spiro atoms. The summed E-state index contributed by atoms with van der Waals surface area (Å²) in [6.07, 6.45) is 3.91. The molecule has 1 aliphatic rings. The molecule has 4 rings (SSSR count). The first kappa shape index (κ1) is 16.0. The second-order valence-electron chi connectivity index (χ2n) is 6.07. The molecule has 5 nitrogen and oxygen atoms in total. The fourth-order valence-corrected chi connectivity index (χ4v) is 3.07. The number of halogens is 1. The van der Waals surface area contributed by atoms with E-state index in [9.17, 15) is 5.11 Å². The molecule has 0 saturated carbocycles. The minimum atomic E-state index is -0.307. The minimum Gasteiger partial charge on any atom is -0.391 e. The highest BCUT2D eigenvalue weighted by Gasteiger charge is 2.22. The Morgan fingerprint density at radius 3 is 2.44 bits per heavy atom. The summed E-state index contributed by atoms with van der Waals surface area (Å²) in [4.78, 5) is 15.6. The molecular weight excluding hydrogens is 336 g/mol. The molecule has 3 heterocycles. The van der Waals surface area contributed by atoms with E-state index in [4.69, 9.17) is 21.6 Å². The van der Waals surface area contributed by atoms with Crippen molar-refractivity contribution in [3.63, 3.8) is 0 Å². The number of aliphatic hydroxyl groups excluding tert-OH is 1. The van der Waals surface area contributed by atoms with E-state index in [0.717, 1.165) is 35.6 Å². The van der Waals surface area contributed by atoms with Gasteiger partial charge in [-0.15, -0.1) is 0 Å². The van der Waals surface area contributed by atoms with E-state index >= 15 is 0 Å². The van der Waals surface area contributed by atoms with Crippen molar-refractivity contribution < 1.29 is 5.11 Å². The first-order valence-electron chi connectivity index (χ1n) is 8.17. The highest BCUT2D eigenvalue weighted by Crippen LogP contribution is 2.28. The largest absolute Gasteiger partial charge is 0.391 e. The van der Waals surface area contributed by atoms with Gasteiger partial charge in [0.1, 0.15) is 5.82 Å². The number of β-amino-alcohol motifs (C(OH)–C–C–N with tert-alkyl or cyclic N) is 1. The maximum Gasteiger partial charge on any atom is 0.162 e. The van der Waals surface area contributed by atoms with Crippen LogP contribution in [0.25, 0.3) is 22.6 Å². The number of aromatic nitrogens is 3. The summed E-state index contributed by atoms with van der Waals surface area (Å²) in [5.41, 5.74) is 2.71. The fourth-order valence-electron chi connectivity index (χ4n) is 2.94. The van der Waals surface area contributed by atoms with Crippen LogP contribution >= 0.6 is 11.6 Å². The Bertz CT molecular complexity index is 870. The average molecular weight is 353 g/mol. The molecule has 1 unspecified atom stereocenters. The van der Waals surface area contributed by atoms with Gasteiger partial charge in [-0.3, -0.25) is 4.98 Å². The lowest BCUT2D eigenvalue weighted by molar-refractivity contribution is 0.198. The number of pyridine rings is 1. The van der Waals surface area contributed by atoms with Crippen LogP contribution in [-0.2, 0) is 0 Å². The van der Waals surface area contributed by atoms with Crippen molar-refractivity contribution in [1.82, 2.24) is 15.0 Å². The lowest BCUT2D eigenvalue weighted by atomic mass is 10.1. The lowest BCUT2D eigenvalue weighted by Gasteiger charge is -2.18. The van der Waals surface area contributed by atoms with Gasteiger partial charge in [-0.1, -0.05) is 23.7 Å². The number of anilines is 1. The van der Waals surface area contributed by atoms with E-state index < -0.39 is 0 Å². The summed E-state index contributed by atoms with van der Waals surface area (Å²) >= 11 is 6.00. The van der Waals surface area contributed by atoms with Crippen molar-refractivity contribution in [2.75, 3.05) is 18.0 Å². The SMILES string of the molecule is OC1CCN(c2cc(-c3ccc(Cl)cc3)nc(-c3ccncc3)n2)C1. The number of aliphatic hydroxyl groups is 1. The predicted octanol–water partition coefficient (Wildman–Crippen LogP) is 3.43. The molecule has 1 aromatic carbocycles. The first-order chi connectivity index (χ1) is 12.2. The number of benzene rings is 1. The predicted molar refractivity (Wildman–Crippen MR) is 98.5 cm³/mol. The maximum absolute atomic E-state index is 9.86. The van der Waals surface area contributed by atoms with E-state index in [1.807, 2.05) is 42.5 Å². The number of rotatable bonds is 3. The summed E-state index contributed by atoms with van der Waals surface area (Å²) < 4.78 is 0. The van der Waals surface area contributed by atoms with Gasteiger partial charge in [0, 0.05) is 47.7 Å². The van der Waals surface area contributed by atoms with Gasteiger partial charge in [-0.25, -0.2) is 9.97 Å². The zero-order valence-corrected chi connectivity index (χ0v) is 14.3. The minimum absolute atomic E-state index is 0.307. The van der Waals surface area contributed by atoms with Gasteiger partial charge in [0.15, 0.2) is 5.82 Å². The molecular formula is C19H17ClN4O. The summed E-state index contributed by atoms with van der Waals surface area (Å²) in [6.45, 7) is 1.38. The molecule has 2 aromatic heterocycles. The van der Waals surface area contributed by atoms with Crippen molar-refractivity contribution in [2.24, 2.45) is 0 Å². The Morgan fingerprint density at radius 2 is 1.76 bits per heavy atom. The van der Waals surface area contributed by atoms with Crippen LogP contribution in [0.5, 0.6) is 0 Å². The molecule has 1 atom stereocenters. The van der Waals surface area contributed by atoms with E-state index in [-0.39, 0.29) is 6.10 Å². The zero-order chi connectivity index (χ0) is 17.2. The molecule has 1 N–H and O–H groups in total. The van der Waals surface area contributed by atoms with Gasteiger partial charge >= 0.3 is 0 Å². The topological polar surface area (TPSA) is 62.1 Å².